The summed E-state index contributed by atoms with van der Waals surface area (Å²) >= 11 is 0. The number of nitrogens with one attached hydrogen (secondary N) is 1. The van der Waals surface area contributed by atoms with E-state index in [9.17, 15) is 26.3 Å². The number of pyridine rings is 2. The molecule has 0 aromatic carbocycles. The highest BCUT2D eigenvalue weighted by atomic mass is 19.4. The Morgan fingerprint density at radius 3 is 2.45 bits per heavy atom. The van der Waals surface area contributed by atoms with E-state index in [4.69, 9.17) is 14.5 Å². The molecule has 0 saturated carbocycles. The zero-order chi connectivity index (χ0) is 32.8. The van der Waals surface area contributed by atoms with Gasteiger partial charge in [0.1, 0.15) is 17.6 Å². The number of piperidine rings is 1. The third-order valence-electron chi connectivity index (χ3n) is 8.14. The first-order valence-electron chi connectivity index (χ1n) is 14.9. The van der Waals surface area contributed by atoms with Gasteiger partial charge in [0, 0.05) is 32.0 Å². The van der Waals surface area contributed by atoms with Gasteiger partial charge in [-0.1, -0.05) is 6.07 Å². The summed E-state index contributed by atoms with van der Waals surface area (Å²) in [6.45, 7) is 3.29. The van der Waals surface area contributed by atoms with Crippen molar-refractivity contribution >= 4 is 11.0 Å². The predicted octanol–water partition coefficient (Wildman–Crippen LogP) is 4.73. The Labute approximate surface area is 262 Å². The second kappa shape index (κ2) is 12.2. The fraction of sp³-hybridized carbons (Fsp3) is 0.448. The Bertz CT molecular complexity index is 1850. The van der Waals surface area contributed by atoms with Crippen LogP contribution in [0, 0.1) is 0 Å². The van der Waals surface area contributed by atoms with Crippen molar-refractivity contribution in [1.29, 1.82) is 0 Å². The normalized spacial score (nSPS) is 18.1. The molecule has 2 aliphatic rings. The minimum absolute atomic E-state index is 0.0387. The number of nitrogens with zero attached hydrogens (tertiary/aromatic N) is 9. The van der Waals surface area contributed by atoms with Crippen molar-refractivity contribution in [3.05, 3.63) is 65.8 Å². The van der Waals surface area contributed by atoms with Gasteiger partial charge in [0.15, 0.2) is 5.82 Å². The molecule has 1 atom stereocenters. The van der Waals surface area contributed by atoms with Gasteiger partial charge < -0.3 is 19.0 Å². The molecule has 12 nitrogen and oxygen atoms in total. The largest absolute Gasteiger partial charge is 0.474 e. The lowest BCUT2D eigenvalue weighted by Gasteiger charge is -2.32. The van der Waals surface area contributed by atoms with Crippen LogP contribution in [0.2, 0.25) is 0 Å². The van der Waals surface area contributed by atoms with E-state index >= 15 is 0 Å². The number of alkyl halides is 6. The highest BCUT2D eigenvalue weighted by Crippen LogP contribution is 2.30. The van der Waals surface area contributed by atoms with Gasteiger partial charge in [-0.2, -0.15) is 31.4 Å². The van der Waals surface area contributed by atoms with Gasteiger partial charge in [-0.25, -0.2) is 9.97 Å². The first-order chi connectivity index (χ1) is 22.5. The van der Waals surface area contributed by atoms with Gasteiger partial charge >= 0.3 is 12.4 Å². The van der Waals surface area contributed by atoms with Gasteiger partial charge in [0.25, 0.3) is 0 Å². The van der Waals surface area contributed by atoms with Crippen LogP contribution in [0.15, 0.2) is 42.9 Å². The Morgan fingerprint density at radius 2 is 1.77 bits per heavy atom. The second-order valence-corrected chi connectivity index (χ2v) is 11.5. The van der Waals surface area contributed by atoms with Crippen molar-refractivity contribution in [1.82, 2.24) is 49.4 Å². The standard InChI is InChI=1S/C29H28F6N10O2/c30-28(31,32)17-11-37-44(13-17)14-18-2-1-3-25(38-18)47-19-4-7-43(8-5-19)16-24-39-21-10-22(26-40-27(42-41-26)29(33,34)35)36-12-23(21)45(24)15-20-6-9-46-20/h1-3,10-13,19-20H,4-9,14-16H2,(H,40,41,42). The third kappa shape index (κ3) is 6.92. The number of fused-ring (bicyclic) bond motifs is 1. The minimum atomic E-state index is -4.65. The number of hydrogen-bond acceptors (Lipinski definition) is 9. The number of ether oxygens (including phenoxy) is 2. The van der Waals surface area contributed by atoms with E-state index in [1.165, 1.54) is 4.68 Å². The molecule has 5 aromatic rings. The number of imidazole rings is 1. The highest BCUT2D eigenvalue weighted by molar-refractivity contribution is 5.78. The van der Waals surface area contributed by atoms with Crippen LogP contribution in [-0.2, 0) is 36.7 Å². The quantitative estimate of drug-likeness (QED) is 0.223. The topological polar surface area (TPSA) is 125 Å². The number of H-pyrrole nitrogens is 1. The molecule has 0 aliphatic carbocycles. The van der Waals surface area contributed by atoms with Crippen molar-refractivity contribution in [2.24, 2.45) is 0 Å². The molecule has 0 bridgehead atoms. The van der Waals surface area contributed by atoms with Crippen LogP contribution in [-0.4, -0.2) is 81.3 Å². The van der Waals surface area contributed by atoms with Gasteiger partial charge in [-0.05, 0) is 31.4 Å². The molecule has 0 radical (unpaired) electrons. The van der Waals surface area contributed by atoms with Crippen LogP contribution < -0.4 is 4.74 Å². The Balaban J connectivity index is 1.00. The maximum absolute atomic E-state index is 13.0. The van der Waals surface area contributed by atoms with Crippen LogP contribution in [0.25, 0.3) is 22.6 Å². The molecular formula is C29H28F6N10O2. The number of hydrogen-bond donors (Lipinski definition) is 1. The molecule has 47 heavy (non-hydrogen) atoms. The summed E-state index contributed by atoms with van der Waals surface area (Å²) in [5, 5.41) is 10.6. The molecule has 0 amide bonds. The molecular weight excluding hydrogens is 634 g/mol. The smallest absolute Gasteiger partial charge is 0.451 e. The summed E-state index contributed by atoms with van der Waals surface area (Å²) in [7, 11) is 0. The Hall–Kier alpha value is -4.58. The summed E-state index contributed by atoms with van der Waals surface area (Å²) in [5.74, 6) is -0.125. The molecule has 1 N–H and O–H groups in total. The van der Waals surface area contributed by atoms with E-state index in [2.05, 4.69) is 35.1 Å². The molecule has 2 fully saturated rings. The maximum Gasteiger partial charge on any atom is 0.451 e. The van der Waals surface area contributed by atoms with Crippen LogP contribution in [0.1, 0.15) is 42.2 Å². The molecule has 1 unspecified atom stereocenters. The van der Waals surface area contributed by atoms with E-state index in [0.29, 0.717) is 62.7 Å². The lowest BCUT2D eigenvalue weighted by molar-refractivity contribution is -0.144. The monoisotopic (exact) mass is 662 g/mol. The summed E-state index contributed by atoms with van der Waals surface area (Å²) in [6, 6.07) is 6.76. The molecule has 0 spiro atoms. The number of halogens is 6. The second-order valence-electron chi connectivity index (χ2n) is 11.5. The zero-order valence-electron chi connectivity index (χ0n) is 24.7. The fourth-order valence-electron chi connectivity index (χ4n) is 5.59. The minimum Gasteiger partial charge on any atom is -0.474 e. The van der Waals surface area contributed by atoms with E-state index in [0.717, 1.165) is 30.2 Å². The van der Waals surface area contributed by atoms with Crippen molar-refractivity contribution < 1.29 is 35.8 Å². The van der Waals surface area contributed by atoms with Gasteiger partial charge in [0.05, 0.1) is 60.4 Å². The molecule has 5 aromatic heterocycles. The van der Waals surface area contributed by atoms with E-state index in [1.807, 2.05) is 4.57 Å². The fourth-order valence-corrected chi connectivity index (χ4v) is 5.59. The van der Waals surface area contributed by atoms with Crippen LogP contribution in [0.5, 0.6) is 5.88 Å². The molecule has 7 heterocycles. The van der Waals surface area contributed by atoms with Gasteiger partial charge in [0.2, 0.25) is 11.7 Å². The average Bonchev–Trinajstić information content (AvgIpc) is 3.75. The Kier molecular flexibility index (Phi) is 8.07. The third-order valence-corrected chi connectivity index (χ3v) is 8.14. The lowest BCUT2D eigenvalue weighted by atomic mass is 10.1. The average molecular weight is 663 g/mol. The highest BCUT2D eigenvalue weighted by Gasteiger charge is 2.36. The zero-order valence-corrected chi connectivity index (χ0v) is 24.7. The van der Waals surface area contributed by atoms with Crippen LogP contribution in [0.3, 0.4) is 0 Å². The number of aromatic nitrogens is 9. The molecule has 18 heteroatoms. The lowest BCUT2D eigenvalue weighted by Crippen LogP contribution is -2.39. The summed E-state index contributed by atoms with van der Waals surface area (Å²) in [6.07, 6.45) is -3.53. The van der Waals surface area contributed by atoms with Gasteiger partial charge in [-0.15, -0.1) is 10.2 Å². The first kappa shape index (κ1) is 31.0. The molecule has 2 saturated heterocycles. The summed E-state index contributed by atoms with van der Waals surface area (Å²) < 4.78 is 92.9. The van der Waals surface area contributed by atoms with E-state index in [-0.39, 0.29) is 30.3 Å². The SMILES string of the molecule is FC(F)(F)c1cnn(Cc2cccc(OC3CCN(Cc4nc5cc(-c6nnc(C(F)(F)F)[nH]6)ncc5n4CC4CCO4)CC3)n2)c1. The number of likely N-dealkylation sites (tertiary alicyclic amines) is 1. The van der Waals surface area contributed by atoms with Crippen molar-refractivity contribution in [2.45, 2.75) is 63.5 Å². The molecule has 2 aliphatic heterocycles. The maximum atomic E-state index is 13.0. The summed E-state index contributed by atoms with van der Waals surface area (Å²) in [4.78, 5) is 18.1. The van der Waals surface area contributed by atoms with Crippen molar-refractivity contribution in [3.8, 4) is 17.4 Å². The van der Waals surface area contributed by atoms with Crippen molar-refractivity contribution in [3.63, 3.8) is 0 Å². The first-order valence-corrected chi connectivity index (χ1v) is 14.9. The van der Waals surface area contributed by atoms with Gasteiger partial charge in [-0.3, -0.25) is 14.6 Å². The number of aromatic amines is 1. The van der Waals surface area contributed by atoms with Crippen LogP contribution >= 0.6 is 0 Å². The molecule has 248 valence electrons. The predicted molar refractivity (Wildman–Crippen MR) is 152 cm³/mol. The van der Waals surface area contributed by atoms with E-state index < -0.39 is 23.7 Å². The Morgan fingerprint density at radius 1 is 0.957 bits per heavy atom. The van der Waals surface area contributed by atoms with Crippen LogP contribution in [0.4, 0.5) is 26.3 Å². The molecule has 7 rings (SSSR count). The van der Waals surface area contributed by atoms with E-state index in [1.54, 1.807) is 30.5 Å². The van der Waals surface area contributed by atoms with Crippen molar-refractivity contribution in [2.75, 3.05) is 19.7 Å². The number of rotatable bonds is 9. The summed E-state index contributed by atoms with van der Waals surface area (Å²) in [5.41, 5.74) is 1.21.